The van der Waals surface area contributed by atoms with Gasteiger partial charge >= 0.3 is 0 Å². The third-order valence-electron chi connectivity index (χ3n) is 1.90. The van der Waals surface area contributed by atoms with E-state index in [0.29, 0.717) is 0 Å². The Hall–Kier alpha value is -0.920. The van der Waals surface area contributed by atoms with Gasteiger partial charge in [0.15, 0.2) is 0 Å². The number of unbranched alkanes of at least 4 members (excludes halogenated alkanes) is 3. The first-order valence-electron chi connectivity index (χ1n) is 4.68. The van der Waals surface area contributed by atoms with Crippen LogP contribution < -0.4 is 0 Å². The fourth-order valence-electron chi connectivity index (χ4n) is 1.19. The monoisotopic (exact) mass is 164 g/mol. The molecular weight excluding hydrogens is 148 g/mol. The molecular formula is C10H16N2. The molecule has 12 heavy (non-hydrogen) atoms. The summed E-state index contributed by atoms with van der Waals surface area (Å²) in [5, 5.41) is 0. The predicted molar refractivity (Wildman–Crippen MR) is 49.9 cm³/mol. The van der Waals surface area contributed by atoms with Crippen molar-refractivity contribution in [2.45, 2.75) is 39.0 Å². The largest absolute Gasteiger partial charge is 0.261 e. The van der Waals surface area contributed by atoms with Crippen LogP contribution in [0, 0.1) is 0 Å². The maximum atomic E-state index is 4.21. The van der Waals surface area contributed by atoms with Crippen molar-refractivity contribution >= 4 is 0 Å². The highest BCUT2D eigenvalue weighted by Crippen LogP contribution is 2.03. The van der Waals surface area contributed by atoms with Gasteiger partial charge in [0.25, 0.3) is 0 Å². The van der Waals surface area contributed by atoms with E-state index in [9.17, 15) is 0 Å². The molecule has 1 rings (SSSR count). The van der Waals surface area contributed by atoms with Crippen LogP contribution >= 0.6 is 0 Å². The molecule has 0 bridgehead atoms. The summed E-state index contributed by atoms with van der Waals surface area (Å²) in [7, 11) is 0. The van der Waals surface area contributed by atoms with E-state index in [1.807, 2.05) is 6.20 Å². The van der Waals surface area contributed by atoms with E-state index in [4.69, 9.17) is 0 Å². The summed E-state index contributed by atoms with van der Waals surface area (Å²) < 4.78 is 0. The second-order valence-electron chi connectivity index (χ2n) is 3.01. The molecule has 0 unspecified atom stereocenters. The zero-order valence-corrected chi connectivity index (χ0v) is 7.66. The van der Waals surface area contributed by atoms with Crippen LogP contribution in [0.2, 0.25) is 0 Å². The first-order valence-corrected chi connectivity index (χ1v) is 4.68. The van der Waals surface area contributed by atoms with E-state index in [2.05, 4.69) is 16.9 Å². The molecule has 0 saturated heterocycles. The Bertz CT molecular complexity index is 196. The SMILES string of the molecule is CCCCCCc1cnccn1. The van der Waals surface area contributed by atoms with Crippen LogP contribution in [0.1, 0.15) is 38.3 Å². The molecule has 0 saturated carbocycles. The Balaban J connectivity index is 2.16. The zero-order valence-electron chi connectivity index (χ0n) is 7.66. The van der Waals surface area contributed by atoms with E-state index in [-0.39, 0.29) is 0 Å². The van der Waals surface area contributed by atoms with Crippen LogP contribution in [0.3, 0.4) is 0 Å². The second-order valence-corrected chi connectivity index (χ2v) is 3.01. The number of hydrogen-bond donors (Lipinski definition) is 0. The average Bonchev–Trinajstić information content (AvgIpc) is 2.14. The molecule has 2 nitrogen and oxygen atoms in total. The molecule has 0 amide bonds. The van der Waals surface area contributed by atoms with Crippen LogP contribution in [0.5, 0.6) is 0 Å². The highest BCUT2D eigenvalue weighted by atomic mass is 14.8. The fourth-order valence-corrected chi connectivity index (χ4v) is 1.19. The molecule has 0 aliphatic heterocycles. The van der Waals surface area contributed by atoms with Gasteiger partial charge in [-0.2, -0.15) is 0 Å². The number of rotatable bonds is 5. The molecule has 2 heteroatoms. The summed E-state index contributed by atoms with van der Waals surface area (Å²) in [5.74, 6) is 0. The van der Waals surface area contributed by atoms with Crippen LogP contribution in [0.15, 0.2) is 18.6 Å². The van der Waals surface area contributed by atoms with Gasteiger partial charge in [0, 0.05) is 18.6 Å². The van der Waals surface area contributed by atoms with Crippen molar-refractivity contribution in [3.05, 3.63) is 24.3 Å². The normalized spacial score (nSPS) is 10.1. The van der Waals surface area contributed by atoms with Crippen molar-refractivity contribution in [2.24, 2.45) is 0 Å². The fraction of sp³-hybridized carbons (Fsp3) is 0.600. The van der Waals surface area contributed by atoms with Crippen molar-refractivity contribution in [2.75, 3.05) is 0 Å². The molecule has 66 valence electrons. The van der Waals surface area contributed by atoms with E-state index >= 15 is 0 Å². The summed E-state index contributed by atoms with van der Waals surface area (Å²) in [5.41, 5.74) is 1.12. The standard InChI is InChI=1S/C10H16N2/c1-2-3-4-5-6-10-9-11-7-8-12-10/h7-9H,2-6H2,1H3. The molecule has 1 aromatic heterocycles. The number of hydrogen-bond acceptors (Lipinski definition) is 2. The lowest BCUT2D eigenvalue weighted by atomic mass is 10.1. The van der Waals surface area contributed by atoms with Gasteiger partial charge in [-0.15, -0.1) is 0 Å². The molecule has 1 aromatic rings. The van der Waals surface area contributed by atoms with Gasteiger partial charge in [0.05, 0.1) is 5.69 Å². The minimum atomic E-state index is 1.08. The Morgan fingerprint density at radius 1 is 1.17 bits per heavy atom. The van der Waals surface area contributed by atoms with E-state index in [1.54, 1.807) is 12.4 Å². The van der Waals surface area contributed by atoms with Gasteiger partial charge in [-0.1, -0.05) is 26.2 Å². The summed E-state index contributed by atoms with van der Waals surface area (Å²) in [4.78, 5) is 8.23. The summed E-state index contributed by atoms with van der Waals surface area (Å²) >= 11 is 0. The van der Waals surface area contributed by atoms with Gasteiger partial charge in [-0.25, -0.2) is 0 Å². The van der Waals surface area contributed by atoms with E-state index in [0.717, 1.165) is 12.1 Å². The number of nitrogens with zero attached hydrogens (tertiary/aromatic N) is 2. The summed E-state index contributed by atoms with van der Waals surface area (Å²) in [6.07, 6.45) is 11.6. The Kier molecular flexibility index (Phi) is 4.35. The lowest BCUT2D eigenvalue weighted by Gasteiger charge is -1.98. The maximum absolute atomic E-state index is 4.21. The number of aromatic nitrogens is 2. The summed E-state index contributed by atoms with van der Waals surface area (Å²) in [6.45, 7) is 2.22. The minimum Gasteiger partial charge on any atom is -0.261 e. The van der Waals surface area contributed by atoms with Crippen molar-refractivity contribution in [1.82, 2.24) is 9.97 Å². The van der Waals surface area contributed by atoms with Crippen LogP contribution in [0.4, 0.5) is 0 Å². The molecule has 0 spiro atoms. The van der Waals surface area contributed by atoms with Gasteiger partial charge in [0.1, 0.15) is 0 Å². The maximum Gasteiger partial charge on any atom is 0.0586 e. The van der Waals surface area contributed by atoms with Crippen molar-refractivity contribution in [3.63, 3.8) is 0 Å². The third-order valence-corrected chi connectivity index (χ3v) is 1.90. The van der Waals surface area contributed by atoms with Crippen LogP contribution in [-0.4, -0.2) is 9.97 Å². The minimum absolute atomic E-state index is 1.08. The smallest absolute Gasteiger partial charge is 0.0586 e. The average molecular weight is 164 g/mol. The molecule has 1 heterocycles. The first-order chi connectivity index (χ1) is 5.93. The van der Waals surface area contributed by atoms with Crippen molar-refractivity contribution in [3.8, 4) is 0 Å². The third kappa shape index (κ3) is 3.46. The molecule has 0 aromatic carbocycles. The zero-order chi connectivity index (χ0) is 8.65. The topological polar surface area (TPSA) is 25.8 Å². The van der Waals surface area contributed by atoms with E-state index in [1.165, 1.54) is 25.7 Å². The molecule has 0 fully saturated rings. The van der Waals surface area contributed by atoms with Crippen molar-refractivity contribution < 1.29 is 0 Å². The van der Waals surface area contributed by atoms with Gasteiger partial charge < -0.3 is 0 Å². The van der Waals surface area contributed by atoms with Crippen LogP contribution in [0.25, 0.3) is 0 Å². The Labute approximate surface area is 74.1 Å². The lowest BCUT2D eigenvalue weighted by molar-refractivity contribution is 0.659. The first kappa shape index (κ1) is 9.17. The Morgan fingerprint density at radius 2 is 2.08 bits per heavy atom. The Morgan fingerprint density at radius 3 is 2.75 bits per heavy atom. The molecule has 0 aliphatic carbocycles. The van der Waals surface area contributed by atoms with Gasteiger partial charge in [-0.3, -0.25) is 9.97 Å². The van der Waals surface area contributed by atoms with Crippen LogP contribution in [-0.2, 0) is 6.42 Å². The van der Waals surface area contributed by atoms with E-state index < -0.39 is 0 Å². The van der Waals surface area contributed by atoms with Gasteiger partial charge in [0.2, 0.25) is 0 Å². The molecule has 0 aliphatic rings. The quantitative estimate of drug-likeness (QED) is 0.625. The van der Waals surface area contributed by atoms with Crippen molar-refractivity contribution in [1.29, 1.82) is 0 Å². The lowest BCUT2D eigenvalue weighted by Crippen LogP contribution is -1.90. The molecule has 0 N–H and O–H groups in total. The second kappa shape index (κ2) is 5.70. The highest BCUT2D eigenvalue weighted by molar-refractivity contribution is 4.94. The predicted octanol–water partition coefficient (Wildman–Crippen LogP) is 2.60. The molecule has 0 radical (unpaired) electrons. The number of aryl methyl sites for hydroxylation is 1. The van der Waals surface area contributed by atoms with Gasteiger partial charge in [-0.05, 0) is 12.8 Å². The highest BCUT2D eigenvalue weighted by Gasteiger charge is 1.92. The molecule has 0 atom stereocenters. The summed E-state index contributed by atoms with van der Waals surface area (Å²) in [6, 6.07) is 0.